The van der Waals surface area contributed by atoms with Gasteiger partial charge in [-0.25, -0.2) is 8.78 Å². The van der Waals surface area contributed by atoms with Crippen LogP contribution in [0.2, 0.25) is 0 Å². The van der Waals surface area contributed by atoms with Gasteiger partial charge in [-0.05, 0) is 30.9 Å². The summed E-state index contributed by atoms with van der Waals surface area (Å²) in [6.45, 7) is 3.52. The number of aliphatic hydroxyl groups excluding tert-OH is 1. The number of aliphatic hydroxyl groups is 1. The number of piperidine rings is 2. The highest BCUT2D eigenvalue weighted by atomic mass is 19.3. The van der Waals surface area contributed by atoms with Gasteiger partial charge < -0.3 is 14.9 Å². The van der Waals surface area contributed by atoms with E-state index in [9.17, 15) is 23.5 Å². The predicted octanol–water partition coefficient (Wildman–Crippen LogP) is 1.96. The van der Waals surface area contributed by atoms with Crippen LogP contribution in [-0.4, -0.2) is 64.9 Å². The highest BCUT2D eigenvalue weighted by Crippen LogP contribution is 2.39. The Morgan fingerprint density at radius 2 is 1.74 bits per heavy atom. The second-order valence-electron chi connectivity index (χ2n) is 7.27. The number of amides is 2. The smallest absolute Gasteiger partial charge is 0.290 e. The van der Waals surface area contributed by atoms with Crippen molar-refractivity contribution in [1.29, 1.82) is 0 Å². The van der Waals surface area contributed by atoms with Gasteiger partial charge in [0.15, 0.2) is 0 Å². The molecule has 1 aromatic carbocycles. The summed E-state index contributed by atoms with van der Waals surface area (Å²) in [4.78, 5) is 28.1. The SMILES string of the molecule is C=CC(=O)N1CCC(C(=O)N2CCC(O)C(F)(F)C2)(c2ccccc2)CC1. The van der Waals surface area contributed by atoms with Gasteiger partial charge in [0.2, 0.25) is 11.8 Å². The molecule has 0 spiro atoms. The van der Waals surface area contributed by atoms with Crippen molar-refractivity contribution >= 4 is 11.8 Å². The van der Waals surface area contributed by atoms with Gasteiger partial charge in [0.05, 0.1) is 12.0 Å². The fraction of sp³-hybridized carbons (Fsp3) is 0.500. The van der Waals surface area contributed by atoms with Crippen molar-refractivity contribution in [2.24, 2.45) is 0 Å². The van der Waals surface area contributed by atoms with E-state index < -0.39 is 24.0 Å². The second-order valence-corrected chi connectivity index (χ2v) is 7.27. The Kier molecular flexibility index (Phi) is 5.33. The van der Waals surface area contributed by atoms with Crippen LogP contribution in [0.15, 0.2) is 43.0 Å². The number of rotatable bonds is 3. The molecule has 0 aliphatic carbocycles. The van der Waals surface area contributed by atoms with Gasteiger partial charge in [0.1, 0.15) is 6.10 Å². The van der Waals surface area contributed by atoms with E-state index in [-0.39, 0.29) is 24.8 Å². The first-order valence-electron chi connectivity index (χ1n) is 9.12. The van der Waals surface area contributed by atoms with Gasteiger partial charge in [0, 0.05) is 19.6 Å². The van der Waals surface area contributed by atoms with E-state index >= 15 is 0 Å². The lowest BCUT2D eigenvalue weighted by Crippen LogP contribution is -2.59. The number of carbonyl (C=O) groups excluding carboxylic acids is 2. The zero-order valence-electron chi connectivity index (χ0n) is 15.1. The first-order valence-corrected chi connectivity index (χ1v) is 9.12. The number of alkyl halides is 2. The zero-order valence-corrected chi connectivity index (χ0v) is 15.1. The summed E-state index contributed by atoms with van der Waals surface area (Å²) < 4.78 is 28.0. The average Bonchev–Trinajstić information content (AvgIpc) is 2.69. The maximum absolute atomic E-state index is 14.0. The van der Waals surface area contributed by atoms with Crippen LogP contribution >= 0.6 is 0 Å². The van der Waals surface area contributed by atoms with E-state index in [0.717, 1.165) is 5.56 Å². The largest absolute Gasteiger partial charge is 0.387 e. The molecule has 2 amide bonds. The molecule has 1 aromatic rings. The molecule has 7 heteroatoms. The molecule has 0 aromatic heterocycles. The van der Waals surface area contributed by atoms with Crippen molar-refractivity contribution in [2.45, 2.75) is 36.7 Å². The Morgan fingerprint density at radius 3 is 2.30 bits per heavy atom. The van der Waals surface area contributed by atoms with Crippen molar-refractivity contribution in [2.75, 3.05) is 26.2 Å². The number of benzene rings is 1. The molecule has 0 radical (unpaired) electrons. The Bertz CT molecular complexity index is 715. The fourth-order valence-corrected chi connectivity index (χ4v) is 4.03. The number of carbonyl (C=O) groups is 2. The number of halogens is 2. The Morgan fingerprint density at radius 1 is 1.11 bits per heavy atom. The van der Waals surface area contributed by atoms with Gasteiger partial charge in [-0.15, -0.1) is 0 Å². The van der Waals surface area contributed by atoms with Crippen LogP contribution in [0.3, 0.4) is 0 Å². The van der Waals surface area contributed by atoms with Crippen LogP contribution in [0.4, 0.5) is 8.78 Å². The lowest BCUT2D eigenvalue weighted by atomic mass is 9.71. The second kappa shape index (κ2) is 7.38. The maximum Gasteiger partial charge on any atom is 0.290 e. The van der Waals surface area contributed by atoms with Crippen LogP contribution in [0.1, 0.15) is 24.8 Å². The summed E-state index contributed by atoms with van der Waals surface area (Å²) in [6.07, 6.45) is 0.0932. The van der Waals surface area contributed by atoms with E-state index in [0.29, 0.717) is 25.9 Å². The first kappa shape index (κ1) is 19.5. The molecule has 1 atom stereocenters. The molecule has 2 saturated heterocycles. The zero-order chi connectivity index (χ0) is 19.7. The van der Waals surface area contributed by atoms with Crippen LogP contribution in [0, 0.1) is 0 Å². The van der Waals surface area contributed by atoms with Gasteiger partial charge in [0.25, 0.3) is 5.92 Å². The summed E-state index contributed by atoms with van der Waals surface area (Å²) in [7, 11) is 0. The lowest BCUT2D eigenvalue weighted by Gasteiger charge is -2.45. The van der Waals surface area contributed by atoms with Crippen LogP contribution in [-0.2, 0) is 15.0 Å². The van der Waals surface area contributed by atoms with Crippen molar-refractivity contribution in [3.8, 4) is 0 Å². The molecule has 0 bridgehead atoms. The number of likely N-dealkylation sites (tertiary alicyclic amines) is 2. The molecule has 27 heavy (non-hydrogen) atoms. The van der Waals surface area contributed by atoms with Gasteiger partial charge >= 0.3 is 0 Å². The molecule has 0 saturated carbocycles. The quantitative estimate of drug-likeness (QED) is 0.818. The molecule has 146 valence electrons. The highest BCUT2D eigenvalue weighted by molar-refractivity contribution is 5.90. The lowest BCUT2D eigenvalue weighted by molar-refractivity contribution is -0.170. The highest BCUT2D eigenvalue weighted by Gasteiger charge is 2.51. The molecule has 2 heterocycles. The Labute approximate surface area is 157 Å². The van der Waals surface area contributed by atoms with Gasteiger partial charge in [-0.3, -0.25) is 9.59 Å². The van der Waals surface area contributed by atoms with E-state index in [4.69, 9.17) is 0 Å². The number of hydrogen-bond donors (Lipinski definition) is 1. The first-order chi connectivity index (χ1) is 12.8. The third kappa shape index (κ3) is 3.60. The molecule has 1 unspecified atom stereocenters. The third-order valence-corrected chi connectivity index (χ3v) is 5.69. The van der Waals surface area contributed by atoms with Crippen LogP contribution in [0.5, 0.6) is 0 Å². The minimum Gasteiger partial charge on any atom is -0.387 e. The number of nitrogens with zero attached hydrogens (tertiary/aromatic N) is 2. The van der Waals surface area contributed by atoms with E-state index in [1.165, 1.54) is 11.0 Å². The van der Waals surface area contributed by atoms with E-state index in [2.05, 4.69) is 6.58 Å². The maximum atomic E-state index is 14.0. The molecule has 5 nitrogen and oxygen atoms in total. The van der Waals surface area contributed by atoms with Crippen molar-refractivity contribution < 1.29 is 23.5 Å². The summed E-state index contributed by atoms with van der Waals surface area (Å²) in [5, 5.41) is 9.51. The predicted molar refractivity (Wildman–Crippen MR) is 96.3 cm³/mol. The van der Waals surface area contributed by atoms with Crippen LogP contribution in [0.25, 0.3) is 0 Å². The summed E-state index contributed by atoms with van der Waals surface area (Å²) in [5.41, 5.74) is -0.174. The summed E-state index contributed by atoms with van der Waals surface area (Å²) >= 11 is 0. The normalized spacial score (nSPS) is 24.3. The fourth-order valence-electron chi connectivity index (χ4n) is 4.03. The van der Waals surface area contributed by atoms with Crippen molar-refractivity contribution in [1.82, 2.24) is 9.80 Å². The van der Waals surface area contributed by atoms with E-state index in [1.807, 2.05) is 30.3 Å². The molecule has 2 aliphatic heterocycles. The van der Waals surface area contributed by atoms with Crippen LogP contribution < -0.4 is 0 Å². The molecule has 2 aliphatic rings. The minimum absolute atomic E-state index is 0.0967. The van der Waals surface area contributed by atoms with E-state index in [1.54, 1.807) is 4.90 Å². The van der Waals surface area contributed by atoms with Gasteiger partial charge in [-0.1, -0.05) is 36.9 Å². The minimum atomic E-state index is -3.31. The Balaban J connectivity index is 1.89. The topological polar surface area (TPSA) is 60.9 Å². The molecule has 3 rings (SSSR count). The Hall–Kier alpha value is -2.28. The van der Waals surface area contributed by atoms with Gasteiger partial charge in [-0.2, -0.15) is 0 Å². The molecular weight excluding hydrogens is 354 g/mol. The molecular formula is C20H24F2N2O3. The van der Waals surface area contributed by atoms with Crippen molar-refractivity contribution in [3.63, 3.8) is 0 Å². The summed E-state index contributed by atoms with van der Waals surface area (Å²) in [6, 6.07) is 9.14. The molecule has 1 N–H and O–H groups in total. The summed E-state index contributed by atoms with van der Waals surface area (Å²) in [5.74, 6) is -3.87. The average molecular weight is 378 g/mol. The monoisotopic (exact) mass is 378 g/mol. The standard InChI is InChI=1S/C20H24F2N2O3/c1-2-17(26)23-12-9-19(10-13-23,15-6-4-3-5-7-15)18(27)24-11-8-16(25)20(21,22)14-24/h2-7,16,25H,1,8-14H2. The number of hydrogen-bond acceptors (Lipinski definition) is 3. The third-order valence-electron chi connectivity index (χ3n) is 5.69. The molecule has 2 fully saturated rings. The van der Waals surface area contributed by atoms with Crippen molar-refractivity contribution in [3.05, 3.63) is 48.6 Å².